The topological polar surface area (TPSA) is 83.8 Å². The highest BCUT2D eigenvalue weighted by atomic mass is 16.2. The van der Waals surface area contributed by atoms with Crippen molar-refractivity contribution >= 4 is 11.7 Å². The van der Waals surface area contributed by atoms with Gasteiger partial charge >= 0.3 is 0 Å². The number of amides is 1. The maximum absolute atomic E-state index is 12.9. The highest BCUT2D eigenvalue weighted by Gasteiger charge is 2.58. The second-order valence-electron chi connectivity index (χ2n) is 8.04. The summed E-state index contributed by atoms with van der Waals surface area (Å²) in [6.45, 7) is 2.87. The number of aromatic amines is 1. The summed E-state index contributed by atoms with van der Waals surface area (Å²) in [6.07, 6.45) is 8.94. The molecule has 21 heavy (non-hydrogen) atoms. The van der Waals surface area contributed by atoms with Crippen molar-refractivity contribution in [3.63, 3.8) is 0 Å². The first-order valence-electron chi connectivity index (χ1n) is 8.04. The molecule has 5 nitrogen and oxygen atoms in total. The molecule has 114 valence electrons. The lowest BCUT2D eigenvalue weighted by Crippen LogP contribution is -2.56. The van der Waals surface area contributed by atoms with E-state index in [0.717, 1.165) is 36.7 Å². The third kappa shape index (κ3) is 2.05. The van der Waals surface area contributed by atoms with Gasteiger partial charge in [-0.05, 0) is 55.8 Å². The lowest BCUT2D eigenvalue weighted by atomic mass is 9.44. The third-order valence-corrected chi connectivity index (χ3v) is 6.03. The van der Waals surface area contributed by atoms with Crippen molar-refractivity contribution in [3.8, 4) is 0 Å². The normalized spacial score (nSPS) is 40.4. The SMILES string of the molecule is CC12CC3CC(C1)CC(C(=O)NCc1cn[nH]c1N)(C3)C2. The van der Waals surface area contributed by atoms with Gasteiger partial charge in [0.15, 0.2) is 0 Å². The van der Waals surface area contributed by atoms with Crippen molar-refractivity contribution in [2.45, 2.75) is 52.0 Å². The van der Waals surface area contributed by atoms with Crippen LogP contribution in [-0.2, 0) is 11.3 Å². The van der Waals surface area contributed by atoms with Gasteiger partial charge in [0.25, 0.3) is 0 Å². The van der Waals surface area contributed by atoms with E-state index in [-0.39, 0.29) is 11.3 Å². The Morgan fingerprint density at radius 3 is 2.71 bits per heavy atom. The summed E-state index contributed by atoms with van der Waals surface area (Å²) in [4.78, 5) is 12.9. The summed E-state index contributed by atoms with van der Waals surface area (Å²) in [5, 5.41) is 9.73. The van der Waals surface area contributed by atoms with E-state index in [4.69, 9.17) is 5.73 Å². The number of carbonyl (C=O) groups is 1. The molecule has 4 N–H and O–H groups in total. The zero-order chi connectivity index (χ0) is 14.7. The number of anilines is 1. The van der Waals surface area contributed by atoms with Crippen LogP contribution in [0.25, 0.3) is 0 Å². The first-order chi connectivity index (χ1) is 9.98. The highest BCUT2D eigenvalue weighted by Crippen LogP contribution is 2.65. The van der Waals surface area contributed by atoms with E-state index in [1.54, 1.807) is 6.20 Å². The summed E-state index contributed by atoms with van der Waals surface area (Å²) < 4.78 is 0. The summed E-state index contributed by atoms with van der Waals surface area (Å²) >= 11 is 0. The number of carbonyl (C=O) groups excluding carboxylic acids is 1. The van der Waals surface area contributed by atoms with Crippen LogP contribution in [0.1, 0.15) is 51.0 Å². The molecule has 0 radical (unpaired) electrons. The summed E-state index contributed by atoms with van der Waals surface area (Å²) in [7, 11) is 0. The first kappa shape index (κ1) is 13.2. The predicted octanol–water partition coefficient (Wildman–Crippen LogP) is 2.21. The van der Waals surface area contributed by atoms with Crippen LogP contribution in [0.5, 0.6) is 0 Å². The van der Waals surface area contributed by atoms with Crippen LogP contribution in [0.3, 0.4) is 0 Å². The maximum Gasteiger partial charge on any atom is 0.226 e. The summed E-state index contributed by atoms with van der Waals surface area (Å²) in [5.74, 6) is 2.32. The standard InChI is InChI=1S/C16H24N4O/c1-15-3-10-2-11(4-15)6-16(5-10,9-15)14(21)18-7-12-8-19-20-13(12)17/h8,10-11H,2-7,9H2,1H3,(H,18,21)(H3,17,19,20). The Morgan fingerprint density at radius 2 is 2.14 bits per heavy atom. The van der Waals surface area contributed by atoms with Gasteiger partial charge in [-0.25, -0.2) is 0 Å². The fourth-order valence-electron chi connectivity index (χ4n) is 5.81. The minimum Gasteiger partial charge on any atom is -0.384 e. The molecule has 0 aromatic carbocycles. The van der Waals surface area contributed by atoms with Crippen LogP contribution in [0.4, 0.5) is 5.82 Å². The Hall–Kier alpha value is -1.52. The Kier molecular flexibility index (Phi) is 2.66. The van der Waals surface area contributed by atoms with Crippen LogP contribution in [0, 0.1) is 22.7 Å². The molecule has 5 heteroatoms. The molecule has 0 saturated heterocycles. The van der Waals surface area contributed by atoms with Gasteiger partial charge in [0.05, 0.1) is 11.6 Å². The van der Waals surface area contributed by atoms with Crippen molar-refractivity contribution < 1.29 is 4.79 Å². The van der Waals surface area contributed by atoms with Crippen molar-refractivity contribution in [3.05, 3.63) is 11.8 Å². The second-order valence-corrected chi connectivity index (χ2v) is 8.04. The molecule has 4 saturated carbocycles. The molecule has 2 unspecified atom stereocenters. The van der Waals surface area contributed by atoms with Gasteiger partial charge in [0.2, 0.25) is 5.91 Å². The number of H-pyrrole nitrogens is 1. The Labute approximate surface area is 125 Å². The van der Waals surface area contributed by atoms with E-state index in [0.29, 0.717) is 17.8 Å². The van der Waals surface area contributed by atoms with Crippen LogP contribution in [0.15, 0.2) is 6.20 Å². The minimum atomic E-state index is -0.114. The van der Waals surface area contributed by atoms with Gasteiger partial charge in [-0.1, -0.05) is 6.92 Å². The van der Waals surface area contributed by atoms with E-state index in [1.165, 1.54) is 19.3 Å². The van der Waals surface area contributed by atoms with Crippen molar-refractivity contribution in [2.24, 2.45) is 22.7 Å². The highest BCUT2D eigenvalue weighted by molar-refractivity contribution is 5.83. The van der Waals surface area contributed by atoms with E-state index in [2.05, 4.69) is 22.4 Å². The molecule has 2 atom stereocenters. The fourth-order valence-corrected chi connectivity index (χ4v) is 5.81. The smallest absolute Gasteiger partial charge is 0.226 e. The fraction of sp³-hybridized carbons (Fsp3) is 0.750. The largest absolute Gasteiger partial charge is 0.384 e. The molecule has 1 aromatic heterocycles. The molecule has 4 aliphatic carbocycles. The molecule has 4 fully saturated rings. The van der Waals surface area contributed by atoms with E-state index in [1.807, 2.05) is 0 Å². The molecule has 4 aliphatic rings. The first-order valence-corrected chi connectivity index (χ1v) is 8.04. The molecular weight excluding hydrogens is 264 g/mol. The number of rotatable bonds is 3. The van der Waals surface area contributed by atoms with Crippen molar-refractivity contribution in [2.75, 3.05) is 5.73 Å². The molecule has 4 bridgehead atoms. The minimum absolute atomic E-state index is 0.114. The Balaban J connectivity index is 1.50. The van der Waals surface area contributed by atoms with Gasteiger partial charge in [0.1, 0.15) is 5.82 Å². The maximum atomic E-state index is 12.9. The van der Waals surface area contributed by atoms with Gasteiger partial charge < -0.3 is 11.1 Å². The van der Waals surface area contributed by atoms with Crippen LogP contribution < -0.4 is 11.1 Å². The van der Waals surface area contributed by atoms with Gasteiger partial charge in [0, 0.05) is 12.1 Å². The summed E-state index contributed by atoms with van der Waals surface area (Å²) in [6, 6.07) is 0. The van der Waals surface area contributed by atoms with Crippen molar-refractivity contribution in [1.82, 2.24) is 15.5 Å². The molecule has 5 rings (SSSR count). The molecule has 0 aliphatic heterocycles. The van der Waals surface area contributed by atoms with E-state index in [9.17, 15) is 4.79 Å². The third-order valence-electron chi connectivity index (χ3n) is 6.03. The number of aromatic nitrogens is 2. The number of hydrogen-bond donors (Lipinski definition) is 3. The number of nitrogens with zero attached hydrogens (tertiary/aromatic N) is 1. The quantitative estimate of drug-likeness (QED) is 0.797. The van der Waals surface area contributed by atoms with Crippen LogP contribution >= 0.6 is 0 Å². The zero-order valence-electron chi connectivity index (χ0n) is 12.6. The van der Waals surface area contributed by atoms with Gasteiger partial charge in [-0.15, -0.1) is 0 Å². The monoisotopic (exact) mass is 288 g/mol. The number of nitrogen functional groups attached to an aromatic ring is 1. The van der Waals surface area contributed by atoms with Crippen LogP contribution in [-0.4, -0.2) is 16.1 Å². The summed E-state index contributed by atoms with van der Waals surface area (Å²) in [5.41, 5.74) is 6.94. The molecular formula is C16H24N4O. The molecule has 1 heterocycles. The van der Waals surface area contributed by atoms with E-state index >= 15 is 0 Å². The number of nitrogens with two attached hydrogens (primary N) is 1. The van der Waals surface area contributed by atoms with Gasteiger partial charge in [-0.3, -0.25) is 9.89 Å². The van der Waals surface area contributed by atoms with Crippen LogP contribution in [0.2, 0.25) is 0 Å². The lowest BCUT2D eigenvalue weighted by Gasteiger charge is -2.60. The molecule has 1 amide bonds. The average molecular weight is 288 g/mol. The second kappa shape index (κ2) is 4.24. The molecule has 1 aromatic rings. The van der Waals surface area contributed by atoms with Gasteiger partial charge in [-0.2, -0.15) is 5.10 Å². The molecule has 0 spiro atoms. The Morgan fingerprint density at radius 1 is 1.43 bits per heavy atom. The average Bonchev–Trinajstić information content (AvgIpc) is 2.78. The van der Waals surface area contributed by atoms with Crippen molar-refractivity contribution in [1.29, 1.82) is 0 Å². The lowest BCUT2D eigenvalue weighted by molar-refractivity contribution is -0.155. The number of nitrogens with one attached hydrogen (secondary N) is 2. The zero-order valence-corrected chi connectivity index (χ0v) is 12.6. The Bertz CT molecular complexity index is 565. The predicted molar refractivity (Wildman–Crippen MR) is 80.1 cm³/mol. The van der Waals surface area contributed by atoms with E-state index < -0.39 is 0 Å². The number of hydrogen-bond acceptors (Lipinski definition) is 3.